The van der Waals surface area contributed by atoms with Crippen molar-refractivity contribution in [1.29, 1.82) is 5.26 Å². The molecule has 0 fully saturated rings. The standard InChI is InChI=1S/C23H23N3O2S/c1-26(13-15-6-7-17-11-18(28-2)9-8-16(17)10-15)14-22(27)25-23-20(12-24)19-4-3-5-21(19)29-23/h6-11H,3-5,13-14H2,1-2H3,(H,25,27). The molecule has 6 heteroatoms. The number of methoxy groups -OCH3 is 1. The monoisotopic (exact) mass is 405 g/mol. The van der Waals surface area contributed by atoms with Crippen molar-refractivity contribution in [2.75, 3.05) is 26.0 Å². The van der Waals surface area contributed by atoms with Gasteiger partial charge in [-0.15, -0.1) is 11.3 Å². The van der Waals surface area contributed by atoms with Crippen LogP contribution in [0.25, 0.3) is 10.8 Å². The number of nitriles is 1. The maximum atomic E-state index is 12.5. The molecular formula is C23H23N3O2S. The summed E-state index contributed by atoms with van der Waals surface area (Å²) in [6.07, 6.45) is 3.06. The van der Waals surface area contributed by atoms with Crippen molar-refractivity contribution in [1.82, 2.24) is 4.90 Å². The molecule has 0 saturated carbocycles. The molecular weight excluding hydrogens is 382 g/mol. The Morgan fingerprint density at radius 3 is 2.83 bits per heavy atom. The van der Waals surface area contributed by atoms with Gasteiger partial charge in [-0.05, 0) is 66.4 Å². The van der Waals surface area contributed by atoms with Crippen molar-refractivity contribution in [3.63, 3.8) is 0 Å². The Kier molecular flexibility index (Phi) is 5.52. The van der Waals surface area contributed by atoms with Gasteiger partial charge in [-0.3, -0.25) is 9.69 Å². The molecule has 1 aliphatic rings. The number of ether oxygens (including phenoxy) is 1. The zero-order valence-electron chi connectivity index (χ0n) is 16.6. The molecule has 0 radical (unpaired) electrons. The predicted octanol–water partition coefficient (Wildman–Crippen LogP) is 4.34. The molecule has 0 atom stereocenters. The minimum absolute atomic E-state index is 0.0885. The van der Waals surface area contributed by atoms with E-state index in [9.17, 15) is 10.1 Å². The Balaban J connectivity index is 1.39. The van der Waals surface area contributed by atoms with Crippen molar-refractivity contribution in [2.24, 2.45) is 0 Å². The van der Waals surface area contributed by atoms with E-state index >= 15 is 0 Å². The molecule has 0 spiro atoms. The summed E-state index contributed by atoms with van der Waals surface area (Å²) in [6, 6.07) is 14.6. The number of anilines is 1. The van der Waals surface area contributed by atoms with Gasteiger partial charge in [0.1, 0.15) is 16.8 Å². The van der Waals surface area contributed by atoms with Crippen molar-refractivity contribution >= 4 is 33.0 Å². The summed E-state index contributed by atoms with van der Waals surface area (Å²) in [5.74, 6) is 0.754. The van der Waals surface area contributed by atoms with Gasteiger partial charge in [-0.2, -0.15) is 5.26 Å². The number of amides is 1. The molecule has 4 rings (SSSR count). The van der Waals surface area contributed by atoms with Crippen LogP contribution in [-0.2, 0) is 24.2 Å². The molecule has 3 aromatic rings. The summed E-state index contributed by atoms with van der Waals surface area (Å²) in [5, 5.41) is 15.4. The topological polar surface area (TPSA) is 65.4 Å². The average molecular weight is 406 g/mol. The van der Waals surface area contributed by atoms with Crippen LogP contribution in [0.3, 0.4) is 0 Å². The van der Waals surface area contributed by atoms with Gasteiger partial charge in [0.25, 0.3) is 0 Å². The first kappa shape index (κ1) is 19.4. The van der Waals surface area contributed by atoms with E-state index in [0.29, 0.717) is 17.1 Å². The van der Waals surface area contributed by atoms with Crippen molar-refractivity contribution in [3.8, 4) is 11.8 Å². The molecule has 29 heavy (non-hydrogen) atoms. The summed E-state index contributed by atoms with van der Waals surface area (Å²) in [6.45, 7) is 0.940. The minimum atomic E-state index is -0.0885. The highest BCUT2D eigenvalue weighted by Crippen LogP contribution is 2.38. The van der Waals surface area contributed by atoms with Crippen LogP contribution in [0.1, 0.15) is 28.0 Å². The van der Waals surface area contributed by atoms with E-state index < -0.39 is 0 Å². The second kappa shape index (κ2) is 8.24. The number of benzene rings is 2. The molecule has 2 aromatic carbocycles. The third kappa shape index (κ3) is 4.12. The molecule has 1 N–H and O–H groups in total. The number of nitrogens with one attached hydrogen (secondary N) is 1. The fourth-order valence-corrected chi connectivity index (χ4v) is 5.14. The van der Waals surface area contributed by atoms with Crippen LogP contribution in [0.5, 0.6) is 5.75 Å². The number of carbonyl (C=O) groups excluding carboxylic acids is 1. The molecule has 1 heterocycles. The number of carbonyl (C=O) groups is 1. The van der Waals surface area contributed by atoms with Crippen molar-refractivity contribution in [3.05, 3.63) is 58.0 Å². The molecule has 1 aromatic heterocycles. The summed E-state index contributed by atoms with van der Waals surface area (Å²) >= 11 is 1.55. The number of rotatable bonds is 6. The third-order valence-electron chi connectivity index (χ3n) is 5.26. The number of likely N-dealkylation sites (N-methyl/N-ethyl adjacent to an activating group) is 1. The zero-order valence-corrected chi connectivity index (χ0v) is 17.4. The van der Waals surface area contributed by atoms with Crippen LogP contribution in [0.4, 0.5) is 5.00 Å². The Bertz CT molecular complexity index is 1110. The van der Waals surface area contributed by atoms with E-state index in [1.807, 2.05) is 30.1 Å². The van der Waals surface area contributed by atoms with E-state index in [-0.39, 0.29) is 12.5 Å². The molecule has 1 amide bonds. The van der Waals surface area contributed by atoms with Crippen LogP contribution >= 0.6 is 11.3 Å². The first-order chi connectivity index (χ1) is 14.1. The van der Waals surface area contributed by atoms with Gasteiger partial charge in [0, 0.05) is 11.4 Å². The molecule has 0 aliphatic heterocycles. The van der Waals surface area contributed by atoms with Crippen LogP contribution in [-0.4, -0.2) is 31.5 Å². The van der Waals surface area contributed by atoms with Crippen LogP contribution < -0.4 is 10.1 Å². The summed E-state index contributed by atoms with van der Waals surface area (Å²) in [7, 11) is 3.59. The highest BCUT2D eigenvalue weighted by Gasteiger charge is 2.23. The third-order valence-corrected chi connectivity index (χ3v) is 6.47. The number of aryl methyl sites for hydroxylation is 1. The van der Waals surface area contributed by atoms with Gasteiger partial charge in [0.05, 0.1) is 19.2 Å². The normalized spacial score (nSPS) is 12.8. The second-order valence-electron chi connectivity index (χ2n) is 7.44. The highest BCUT2D eigenvalue weighted by atomic mass is 32.1. The lowest BCUT2D eigenvalue weighted by molar-refractivity contribution is -0.117. The fourth-order valence-electron chi connectivity index (χ4n) is 3.89. The lowest BCUT2D eigenvalue weighted by Gasteiger charge is -2.16. The quantitative estimate of drug-likeness (QED) is 0.662. The minimum Gasteiger partial charge on any atom is -0.497 e. The number of fused-ring (bicyclic) bond motifs is 2. The number of hydrogen-bond donors (Lipinski definition) is 1. The zero-order chi connectivity index (χ0) is 20.4. The second-order valence-corrected chi connectivity index (χ2v) is 8.55. The highest BCUT2D eigenvalue weighted by molar-refractivity contribution is 7.16. The fraction of sp³-hybridized carbons (Fsp3) is 0.304. The van der Waals surface area contributed by atoms with E-state index in [1.54, 1.807) is 18.4 Å². The van der Waals surface area contributed by atoms with E-state index in [1.165, 1.54) is 4.88 Å². The Morgan fingerprint density at radius 1 is 1.24 bits per heavy atom. The molecule has 1 aliphatic carbocycles. The first-order valence-corrected chi connectivity index (χ1v) is 10.5. The van der Waals surface area contributed by atoms with Gasteiger partial charge < -0.3 is 10.1 Å². The Labute approximate surface area is 174 Å². The largest absolute Gasteiger partial charge is 0.497 e. The van der Waals surface area contributed by atoms with E-state index in [0.717, 1.165) is 46.9 Å². The maximum absolute atomic E-state index is 12.5. The van der Waals surface area contributed by atoms with Crippen molar-refractivity contribution < 1.29 is 9.53 Å². The number of nitrogens with zero attached hydrogens (tertiary/aromatic N) is 2. The molecule has 148 valence electrons. The number of hydrogen-bond acceptors (Lipinski definition) is 5. The van der Waals surface area contributed by atoms with Crippen LogP contribution in [0.2, 0.25) is 0 Å². The van der Waals surface area contributed by atoms with Gasteiger partial charge in [0.2, 0.25) is 5.91 Å². The lowest BCUT2D eigenvalue weighted by Crippen LogP contribution is -2.29. The summed E-state index contributed by atoms with van der Waals surface area (Å²) < 4.78 is 5.27. The average Bonchev–Trinajstić information content (AvgIpc) is 3.27. The summed E-state index contributed by atoms with van der Waals surface area (Å²) in [4.78, 5) is 15.7. The lowest BCUT2D eigenvalue weighted by atomic mass is 10.1. The van der Waals surface area contributed by atoms with Crippen LogP contribution in [0, 0.1) is 11.3 Å². The molecule has 5 nitrogen and oxygen atoms in total. The van der Waals surface area contributed by atoms with Gasteiger partial charge in [0.15, 0.2) is 0 Å². The van der Waals surface area contributed by atoms with Crippen molar-refractivity contribution in [2.45, 2.75) is 25.8 Å². The Hall–Kier alpha value is -2.88. The smallest absolute Gasteiger partial charge is 0.239 e. The molecule has 0 saturated heterocycles. The van der Waals surface area contributed by atoms with Gasteiger partial charge in [-0.1, -0.05) is 18.2 Å². The van der Waals surface area contributed by atoms with E-state index in [2.05, 4.69) is 29.6 Å². The maximum Gasteiger partial charge on any atom is 0.239 e. The SMILES string of the molecule is COc1ccc2cc(CN(C)CC(=O)Nc3sc4c(c3C#N)CCC4)ccc2c1. The molecule has 0 unspecified atom stereocenters. The van der Waals surface area contributed by atoms with Gasteiger partial charge in [-0.25, -0.2) is 0 Å². The van der Waals surface area contributed by atoms with Crippen LogP contribution in [0.15, 0.2) is 36.4 Å². The number of thiophene rings is 1. The van der Waals surface area contributed by atoms with Gasteiger partial charge >= 0.3 is 0 Å². The first-order valence-electron chi connectivity index (χ1n) is 9.67. The summed E-state index contributed by atoms with van der Waals surface area (Å²) in [5.41, 5.74) is 2.93. The Morgan fingerprint density at radius 2 is 2.03 bits per heavy atom. The van der Waals surface area contributed by atoms with E-state index in [4.69, 9.17) is 4.74 Å². The predicted molar refractivity (Wildman–Crippen MR) is 117 cm³/mol. The molecule has 0 bridgehead atoms.